The molecule has 0 spiro atoms. The summed E-state index contributed by atoms with van der Waals surface area (Å²) in [6, 6.07) is 21.1. The van der Waals surface area contributed by atoms with Crippen molar-refractivity contribution in [3.05, 3.63) is 113 Å². The topological polar surface area (TPSA) is 93.4 Å². The number of fused-ring (bicyclic) bond motifs is 1. The first-order valence-corrected chi connectivity index (χ1v) is 15.0. The predicted molar refractivity (Wildman–Crippen MR) is 160 cm³/mol. The molecule has 7 nitrogen and oxygen atoms in total. The Morgan fingerprint density at radius 2 is 1.90 bits per heavy atom. The molecule has 2 unspecified atom stereocenters. The maximum absolute atomic E-state index is 13.1. The second-order valence-electron chi connectivity index (χ2n) is 10.2. The van der Waals surface area contributed by atoms with Crippen LogP contribution in [0, 0.1) is 0 Å². The number of aromatic nitrogens is 2. The van der Waals surface area contributed by atoms with E-state index in [9.17, 15) is 14.7 Å². The fraction of sp³-hybridized carbons (Fsp3) is 0.303. The zero-order chi connectivity index (χ0) is 28.6. The number of nitrogens with one attached hydrogen (secondary N) is 1. The Balaban J connectivity index is 1.47. The van der Waals surface area contributed by atoms with Crippen molar-refractivity contribution in [1.82, 2.24) is 14.9 Å². The van der Waals surface area contributed by atoms with Gasteiger partial charge in [-0.3, -0.25) is 9.59 Å². The highest BCUT2D eigenvalue weighted by atomic mass is 32.2. The molecule has 0 radical (unpaired) electrons. The van der Waals surface area contributed by atoms with E-state index >= 15 is 0 Å². The van der Waals surface area contributed by atoms with Gasteiger partial charge < -0.3 is 19.7 Å². The Kier molecular flexibility index (Phi) is 9.54. The Morgan fingerprint density at radius 1 is 1.10 bits per heavy atom. The molecule has 1 aliphatic carbocycles. The number of imidazole rings is 1. The quantitative estimate of drug-likeness (QED) is 0.203. The van der Waals surface area contributed by atoms with Gasteiger partial charge in [0.25, 0.3) is 5.91 Å². The van der Waals surface area contributed by atoms with Crippen molar-refractivity contribution in [3.8, 4) is 5.75 Å². The highest BCUT2D eigenvalue weighted by Crippen LogP contribution is 2.38. The van der Waals surface area contributed by atoms with Crippen LogP contribution in [-0.4, -0.2) is 39.0 Å². The lowest BCUT2D eigenvalue weighted by Gasteiger charge is -2.26. The number of aliphatic hydroxyl groups excluding tert-OH is 1. The van der Waals surface area contributed by atoms with Crippen LogP contribution in [-0.2, 0) is 18.7 Å². The molecular weight excluding hydrogens is 534 g/mol. The van der Waals surface area contributed by atoms with E-state index < -0.39 is 0 Å². The fourth-order valence-electron chi connectivity index (χ4n) is 5.14. The minimum Gasteiger partial charge on any atom is -0.484 e. The molecular formula is C33H35N3O4S. The van der Waals surface area contributed by atoms with Crippen LogP contribution in [0.3, 0.4) is 0 Å². The SMILES string of the molecule is CCC(CO)NC(=O)c1ccccc1SCc1c(OC(Cn2ccnc2)c2ccccc2)ccc2c1CCCC2=O. The zero-order valence-corrected chi connectivity index (χ0v) is 24.0. The van der Waals surface area contributed by atoms with Crippen LogP contribution in [0.2, 0.25) is 0 Å². The molecule has 0 saturated heterocycles. The normalized spacial score (nSPS) is 14.2. The molecule has 5 rings (SSSR count). The average molecular weight is 570 g/mol. The molecule has 0 aliphatic heterocycles. The predicted octanol–water partition coefficient (Wildman–Crippen LogP) is 6.02. The van der Waals surface area contributed by atoms with Gasteiger partial charge >= 0.3 is 0 Å². The van der Waals surface area contributed by atoms with Gasteiger partial charge in [-0.1, -0.05) is 49.4 Å². The van der Waals surface area contributed by atoms with Gasteiger partial charge in [0.15, 0.2) is 5.78 Å². The number of ketones is 1. The van der Waals surface area contributed by atoms with Crippen LogP contribution in [0.4, 0.5) is 0 Å². The van der Waals surface area contributed by atoms with E-state index in [1.165, 1.54) is 0 Å². The van der Waals surface area contributed by atoms with Crippen molar-refractivity contribution >= 4 is 23.5 Å². The van der Waals surface area contributed by atoms with Crippen molar-refractivity contribution in [2.45, 2.75) is 61.9 Å². The van der Waals surface area contributed by atoms with Crippen LogP contribution in [0.5, 0.6) is 5.75 Å². The van der Waals surface area contributed by atoms with Gasteiger partial charge in [-0.15, -0.1) is 11.8 Å². The van der Waals surface area contributed by atoms with Gasteiger partial charge in [-0.25, -0.2) is 4.98 Å². The number of carbonyl (C=O) groups excluding carboxylic acids is 2. The lowest BCUT2D eigenvalue weighted by atomic mass is 9.87. The van der Waals surface area contributed by atoms with E-state index in [1.54, 1.807) is 30.4 Å². The van der Waals surface area contributed by atoms with Crippen LogP contribution < -0.4 is 10.1 Å². The summed E-state index contributed by atoms with van der Waals surface area (Å²) >= 11 is 1.56. The van der Waals surface area contributed by atoms with Gasteiger partial charge in [0.1, 0.15) is 11.9 Å². The van der Waals surface area contributed by atoms with Gasteiger partial charge in [0, 0.05) is 40.6 Å². The third kappa shape index (κ3) is 6.89. The van der Waals surface area contributed by atoms with Crippen molar-refractivity contribution in [2.75, 3.05) is 6.61 Å². The fourth-order valence-corrected chi connectivity index (χ4v) is 6.24. The summed E-state index contributed by atoms with van der Waals surface area (Å²) in [6.07, 6.45) is 8.00. The number of thioether (sulfide) groups is 1. The van der Waals surface area contributed by atoms with Gasteiger partial charge in [0.05, 0.1) is 31.1 Å². The van der Waals surface area contributed by atoms with Crippen LogP contribution in [0.25, 0.3) is 0 Å². The third-order valence-electron chi connectivity index (χ3n) is 7.45. The zero-order valence-electron chi connectivity index (χ0n) is 23.2. The van der Waals surface area contributed by atoms with Crippen LogP contribution in [0.15, 0.2) is 90.3 Å². The molecule has 3 aromatic carbocycles. The number of rotatable bonds is 12. The molecule has 0 saturated carbocycles. The Morgan fingerprint density at radius 3 is 2.66 bits per heavy atom. The molecule has 0 bridgehead atoms. The summed E-state index contributed by atoms with van der Waals surface area (Å²) in [5.41, 5.74) is 4.41. The molecule has 1 heterocycles. The van der Waals surface area contributed by atoms with Crippen molar-refractivity contribution in [3.63, 3.8) is 0 Å². The van der Waals surface area contributed by atoms with E-state index in [-0.39, 0.29) is 30.4 Å². The van der Waals surface area contributed by atoms with Crippen molar-refractivity contribution < 1.29 is 19.4 Å². The first-order chi connectivity index (χ1) is 20.1. The lowest BCUT2D eigenvalue weighted by Crippen LogP contribution is -2.37. The van der Waals surface area contributed by atoms with E-state index in [1.807, 2.05) is 66.2 Å². The molecule has 1 aromatic heterocycles. The monoisotopic (exact) mass is 569 g/mol. The highest BCUT2D eigenvalue weighted by molar-refractivity contribution is 7.98. The smallest absolute Gasteiger partial charge is 0.252 e. The number of ether oxygens (including phenoxy) is 1. The van der Waals surface area contributed by atoms with Crippen LogP contribution >= 0.6 is 11.8 Å². The van der Waals surface area contributed by atoms with Gasteiger partial charge in [-0.2, -0.15) is 0 Å². The first kappa shape index (κ1) is 28.6. The second-order valence-corrected chi connectivity index (χ2v) is 11.2. The van der Waals surface area contributed by atoms with E-state index in [2.05, 4.69) is 22.4 Å². The third-order valence-corrected chi connectivity index (χ3v) is 8.55. The summed E-state index contributed by atoms with van der Waals surface area (Å²) < 4.78 is 8.77. The summed E-state index contributed by atoms with van der Waals surface area (Å²) in [6.45, 7) is 2.40. The van der Waals surface area contributed by atoms with Gasteiger partial charge in [0.2, 0.25) is 0 Å². The molecule has 0 fully saturated rings. The van der Waals surface area contributed by atoms with Crippen molar-refractivity contribution in [1.29, 1.82) is 0 Å². The number of aliphatic hydroxyl groups is 1. The molecule has 2 N–H and O–H groups in total. The average Bonchev–Trinajstić information content (AvgIpc) is 3.53. The molecule has 41 heavy (non-hydrogen) atoms. The molecule has 1 aliphatic rings. The van der Waals surface area contributed by atoms with E-state index in [4.69, 9.17) is 4.74 Å². The standard InChI is InChI=1S/C33H35N3O4S/c1-2-24(20-37)35-33(39)27-11-6-7-14-32(27)41-21-28-25-12-8-13-29(38)26(25)15-16-30(28)40-31(19-36-18-17-34-22-36)23-9-4-3-5-10-23/h3-7,9-11,14-18,22,24,31,37H,2,8,12-13,19-21H2,1H3,(H,35,39). The van der Waals surface area contributed by atoms with E-state index in [0.717, 1.165) is 45.7 Å². The number of carbonyl (C=O) groups is 2. The minimum atomic E-state index is -0.293. The Labute approximate surface area is 245 Å². The number of hydrogen-bond acceptors (Lipinski definition) is 6. The molecule has 4 aromatic rings. The summed E-state index contributed by atoms with van der Waals surface area (Å²) in [5.74, 6) is 1.24. The molecule has 2 atom stereocenters. The molecule has 1 amide bonds. The van der Waals surface area contributed by atoms with E-state index in [0.29, 0.717) is 30.7 Å². The Bertz CT molecular complexity index is 1470. The number of amides is 1. The molecule has 8 heteroatoms. The summed E-state index contributed by atoms with van der Waals surface area (Å²) in [7, 11) is 0. The highest BCUT2D eigenvalue weighted by Gasteiger charge is 2.25. The molecule has 212 valence electrons. The maximum Gasteiger partial charge on any atom is 0.252 e. The summed E-state index contributed by atoms with van der Waals surface area (Å²) in [4.78, 5) is 31.0. The number of Topliss-reactive ketones (excluding diaryl/α,β-unsaturated/α-hetero) is 1. The van der Waals surface area contributed by atoms with Crippen molar-refractivity contribution in [2.24, 2.45) is 0 Å². The maximum atomic E-state index is 13.1. The lowest BCUT2D eigenvalue weighted by molar-refractivity contribution is 0.0911. The first-order valence-electron chi connectivity index (χ1n) is 14.1. The number of nitrogens with zero attached hydrogens (tertiary/aromatic N) is 2. The Hall–Kier alpha value is -3.88. The van der Waals surface area contributed by atoms with Crippen LogP contribution in [0.1, 0.15) is 69.7 Å². The minimum absolute atomic E-state index is 0.107. The largest absolute Gasteiger partial charge is 0.484 e. The summed E-state index contributed by atoms with van der Waals surface area (Å²) in [5, 5.41) is 12.5. The van der Waals surface area contributed by atoms with Gasteiger partial charge in [-0.05, 0) is 54.7 Å². The number of hydrogen-bond donors (Lipinski definition) is 2. The second kappa shape index (κ2) is 13.7. The number of benzene rings is 3.